The van der Waals surface area contributed by atoms with Gasteiger partial charge in [-0.05, 0) is 25.5 Å². The Morgan fingerprint density at radius 1 is 1.24 bits per heavy atom. The molecule has 1 aromatic rings. The van der Waals surface area contributed by atoms with Gasteiger partial charge in [-0.3, -0.25) is 0 Å². The maximum absolute atomic E-state index is 9.84. The molecule has 0 heterocycles. The smallest absolute Gasteiger partial charge is 0.215 e. The summed E-state index contributed by atoms with van der Waals surface area (Å²) in [5.74, 6) is 0.345. The van der Waals surface area contributed by atoms with Crippen molar-refractivity contribution in [3.8, 4) is 5.75 Å². The number of hydrogen-bond donors (Lipinski definition) is 1. The average molecular weight is 254 g/mol. The van der Waals surface area contributed by atoms with Gasteiger partial charge in [-0.25, -0.2) is 0 Å². The zero-order valence-corrected chi connectivity index (χ0v) is 12.0. The quantitative estimate of drug-likeness (QED) is 0.598. The van der Waals surface area contributed by atoms with Gasteiger partial charge >= 0.3 is 0 Å². The summed E-state index contributed by atoms with van der Waals surface area (Å²) >= 11 is 0. The fourth-order valence-electron chi connectivity index (χ4n) is 1.77. The zero-order valence-electron chi connectivity index (χ0n) is 10.8. The lowest BCUT2D eigenvalue weighted by Gasteiger charge is -2.23. The molecule has 2 atom stereocenters. The molecule has 0 spiro atoms. The number of benzene rings is 1. The summed E-state index contributed by atoms with van der Waals surface area (Å²) in [5, 5.41) is 10.8. The molecule has 0 saturated carbocycles. The average Bonchev–Trinajstić information content (AvgIpc) is 2.35. The molecule has 0 aromatic heterocycles. The molecule has 0 aliphatic carbocycles. The van der Waals surface area contributed by atoms with Crippen molar-refractivity contribution < 1.29 is 14.3 Å². The third-order valence-corrected chi connectivity index (χ3v) is 5.21. The number of rotatable bonds is 7. The van der Waals surface area contributed by atoms with Crippen LogP contribution in [0, 0.1) is 0 Å². The minimum Gasteiger partial charge on any atom is -0.508 e. The zero-order chi connectivity index (χ0) is 12.7. The van der Waals surface area contributed by atoms with Crippen LogP contribution in [0.15, 0.2) is 24.3 Å². The van der Waals surface area contributed by atoms with Gasteiger partial charge in [0.15, 0.2) is 0 Å². The number of phenolic OH excluding ortho intramolecular Hbond substituents is 1. The largest absolute Gasteiger partial charge is 0.508 e. The summed E-state index contributed by atoms with van der Waals surface area (Å²) in [6.45, 7) is 6.77. The van der Waals surface area contributed by atoms with Crippen molar-refractivity contribution in [2.45, 2.75) is 39.5 Å². The molecule has 0 aliphatic rings. The predicted molar refractivity (Wildman–Crippen MR) is 72.2 cm³/mol. The topological polar surface area (TPSA) is 38.7 Å². The maximum Gasteiger partial charge on any atom is 0.215 e. The van der Waals surface area contributed by atoms with Gasteiger partial charge in [0.1, 0.15) is 12.0 Å². The highest BCUT2D eigenvalue weighted by atomic mass is 28.3. The summed E-state index contributed by atoms with van der Waals surface area (Å²) in [4.78, 5) is 0. The van der Waals surface area contributed by atoms with E-state index >= 15 is 0 Å². The Balaban J connectivity index is 2.74. The monoisotopic (exact) mass is 254 g/mol. The van der Waals surface area contributed by atoms with E-state index in [2.05, 4.69) is 6.92 Å². The first-order valence-electron chi connectivity index (χ1n) is 6.27. The van der Waals surface area contributed by atoms with Gasteiger partial charge in [0, 0.05) is 11.8 Å². The lowest BCUT2D eigenvalue weighted by Crippen LogP contribution is -2.37. The number of hydrogen-bond acceptors (Lipinski definition) is 3. The van der Waals surface area contributed by atoms with E-state index in [-0.39, 0.29) is 6.29 Å². The number of phenols is 1. The van der Waals surface area contributed by atoms with Crippen LogP contribution in [0.1, 0.15) is 27.2 Å². The highest BCUT2D eigenvalue weighted by Gasteiger charge is 2.20. The molecule has 2 unspecified atom stereocenters. The third-order valence-electron chi connectivity index (χ3n) is 2.66. The number of ether oxygens (including phenoxy) is 1. The minimum atomic E-state index is -1.59. The Bertz CT molecular complexity index is 330. The Kier molecular flexibility index (Phi) is 6.25. The normalized spacial score (nSPS) is 14.5. The summed E-state index contributed by atoms with van der Waals surface area (Å²) < 4.78 is 11.5. The SMILES string of the molecule is CCOC(CC)O[SiH](CC)c1ccccc1O. The van der Waals surface area contributed by atoms with E-state index in [4.69, 9.17) is 9.16 Å². The van der Waals surface area contributed by atoms with Crippen LogP contribution in [-0.2, 0) is 9.16 Å². The second kappa shape index (κ2) is 7.48. The lowest BCUT2D eigenvalue weighted by atomic mass is 10.3. The van der Waals surface area contributed by atoms with Crippen molar-refractivity contribution in [1.29, 1.82) is 0 Å². The molecule has 0 bridgehead atoms. The summed E-state index contributed by atoms with van der Waals surface area (Å²) in [6.07, 6.45) is 0.696. The summed E-state index contributed by atoms with van der Waals surface area (Å²) in [7, 11) is -1.59. The van der Waals surface area contributed by atoms with Crippen molar-refractivity contribution in [2.24, 2.45) is 0 Å². The Morgan fingerprint density at radius 2 is 1.94 bits per heavy atom. The molecule has 0 aliphatic heterocycles. The van der Waals surface area contributed by atoms with Crippen LogP contribution in [0.3, 0.4) is 0 Å². The van der Waals surface area contributed by atoms with Crippen molar-refractivity contribution in [3.63, 3.8) is 0 Å². The van der Waals surface area contributed by atoms with Gasteiger partial charge in [-0.1, -0.05) is 32.0 Å². The van der Waals surface area contributed by atoms with E-state index in [0.717, 1.165) is 17.7 Å². The maximum atomic E-state index is 9.84. The highest BCUT2D eigenvalue weighted by Crippen LogP contribution is 2.11. The van der Waals surface area contributed by atoms with E-state index in [0.29, 0.717) is 12.4 Å². The molecule has 1 aromatic carbocycles. The molecule has 17 heavy (non-hydrogen) atoms. The van der Waals surface area contributed by atoms with Crippen molar-refractivity contribution >= 4 is 14.2 Å². The van der Waals surface area contributed by atoms with Crippen molar-refractivity contribution in [2.75, 3.05) is 6.61 Å². The van der Waals surface area contributed by atoms with E-state index in [1.807, 2.05) is 32.0 Å². The fraction of sp³-hybridized carbons (Fsp3) is 0.538. The molecule has 0 saturated heterocycles. The molecule has 1 N–H and O–H groups in total. The van der Waals surface area contributed by atoms with E-state index in [1.54, 1.807) is 6.07 Å². The number of para-hydroxylation sites is 1. The van der Waals surface area contributed by atoms with Crippen LogP contribution in [0.5, 0.6) is 5.75 Å². The standard InChI is InChI=1S/C13H22O3Si/c1-4-13(15-5-2)16-17(6-3)12-10-8-7-9-11(12)14/h7-10,13-14,17H,4-6H2,1-3H3. The second-order valence-corrected chi connectivity index (χ2v) is 6.57. The van der Waals surface area contributed by atoms with Crippen molar-refractivity contribution in [3.05, 3.63) is 24.3 Å². The molecular weight excluding hydrogens is 232 g/mol. The van der Waals surface area contributed by atoms with Crippen LogP contribution < -0.4 is 5.19 Å². The molecule has 4 heteroatoms. The van der Waals surface area contributed by atoms with E-state index < -0.39 is 9.04 Å². The van der Waals surface area contributed by atoms with E-state index in [1.165, 1.54) is 0 Å². The van der Waals surface area contributed by atoms with Crippen molar-refractivity contribution in [1.82, 2.24) is 0 Å². The first-order valence-corrected chi connectivity index (χ1v) is 8.14. The minimum absolute atomic E-state index is 0.142. The van der Waals surface area contributed by atoms with Gasteiger partial charge in [0.2, 0.25) is 9.04 Å². The molecule has 0 radical (unpaired) electrons. The Labute approximate surface area is 105 Å². The first-order chi connectivity index (χ1) is 8.22. The van der Waals surface area contributed by atoms with Crippen LogP contribution in [0.4, 0.5) is 0 Å². The van der Waals surface area contributed by atoms with Gasteiger partial charge in [-0.2, -0.15) is 0 Å². The van der Waals surface area contributed by atoms with Gasteiger partial charge < -0.3 is 14.3 Å². The second-order valence-electron chi connectivity index (χ2n) is 3.88. The molecule has 1 rings (SSSR count). The first kappa shape index (κ1) is 14.2. The fourth-order valence-corrected chi connectivity index (χ4v) is 3.94. The van der Waals surface area contributed by atoms with Crippen LogP contribution >= 0.6 is 0 Å². The summed E-state index contributed by atoms with van der Waals surface area (Å²) in [5.41, 5.74) is 0. The number of aromatic hydroxyl groups is 1. The Hall–Kier alpha value is -0.843. The van der Waals surface area contributed by atoms with Crippen LogP contribution in [-0.4, -0.2) is 27.0 Å². The third kappa shape index (κ3) is 4.15. The molecule has 3 nitrogen and oxygen atoms in total. The molecular formula is C13H22O3Si. The summed E-state index contributed by atoms with van der Waals surface area (Å²) in [6, 6.07) is 8.39. The molecule has 0 fully saturated rings. The van der Waals surface area contributed by atoms with Gasteiger partial charge in [0.05, 0.1) is 0 Å². The molecule has 0 amide bonds. The lowest BCUT2D eigenvalue weighted by molar-refractivity contribution is -0.0783. The van der Waals surface area contributed by atoms with Crippen LogP contribution in [0.2, 0.25) is 6.04 Å². The van der Waals surface area contributed by atoms with Gasteiger partial charge in [0.25, 0.3) is 0 Å². The predicted octanol–water partition coefficient (Wildman–Crippen LogP) is 2.13. The van der Waals surface area contributed by atoms with E-state index in [9.17, 15) is 5.11 Å². The molecule has 96 valence electrons. The van der Waals surface area contributed by atoms with Gasteiger partial charge in [-0.15, -0.1) is 0 Å². The van der Waals surface area contributed by atoms with Crippen LogP contribution in [0.25, 0.3) is 0 Å². The highest BCUT2D eigenvalue weighted by molar-refractivity contribution is 6.68. The Morgan fingerprint density at radius 3 is 2.47 bits per heavy atom.